The number of rotatable bonds is 5. The Bertz CT molecular complexity index is 1080. The SMILES string of the molecule is C=C(C)S(=O)(=O)N1CCC(Nc2ncc3ccc(=O)n(C4CCCC4)c3n2)CC1. The van der Waals surface area contributed by atoms with Crippen molar-refractivity contribution in [2.45, 2.75) is 57.5 Å². The van der Waals surface area contributed by atoms with Crippen molar-refractivity contribution >= 4 is 27.0 Å². The molecule has 29 heavy (non-hydrogen) atoms. The number of nitrogens with one attached hydrogen (secondary N) is 1. The zero-order valence-electron chi connectivity index (χ0n) is 16.7. The summed E-state index contributed by atoms with van der Waals surface area (Å²) in [4.78, 5) is 21.8. The summed E-state index contributed by atoms with van der Waals surface area (Å²) in [6.07, 6.45) is 7.35. The maximum absolute atomic E-state index is 12.5. The Kier molecular flexibility index (Phi) is 5.44. The van der Waals surface area contributed by atoms with E-state index in [4.69, 9.17) is 0 Å². The van der Waals surface area contributed by atoms with E-state index in [1.807, 2.05) is 4.57 Å². The molecule has 9 heteroatoms. The first-order valence-electron chi connectivity index (χ1n) is 10.2. The highest BCUT2D eigenvalue weighted by Crippen LogP contribution is 2.30. The summed E-state index contributed by atoms with van der Waals surface area (Å²) < 4.78 is 27.8. The minimum Gasteiger partial charge on any atom is -0.351 e. The summed E-state index contributed by atoms with van der Waals surface area (Å²) >= 11 is 0. The Hall–Kier alpha value is -2.26. The van der Waals surface area contributed by atoms with Gasteiger partial charge in [-0.25, -0.2) is 13.4 Å². The molecule has 1 saturated carbocycles. The number of nitrogens with zero attached hydrogens (tertiary/aromatic N) is 4. The molecule has 0 spiro atoms. The van der Waals surface area contributed by atoms with Crippen LogP contribution in [0, 0.1) is 0 Å². The zero-order valence-corrected chi connectivity index (χ0v) is 17.5. The topological polar surface area (TPSA) is 97.2 Å². The molecule has 156 valence electrons. The number of sulfonamides is 1. The summed E-state index contributed by atoms with van der Waals surface area (Å²) in [5, 5.41) is 4.18. The van der Waals surface area contributed by atoms with Gasteiger partial charge in [-0.3, -0.25) is 9.36 Å². The fourth-order valence-electron chi connectivity index (χ4n) is 4.27. The maximum Gasteiger partial charge on any atom is 0.252 e. The van der Waals surface area contributed by atoms with Crippen LogP contribution in [0.3, 0.4) is 0 Å². The number of pyridine rings is 1. The van der Waals surface area contributed by atoms with Crippen molar-refractivity contribution in [1.82, 2.24) is 18.8 Å². The maximum atomic E-state index is 12.5. The number of hydrogen-bond acceptors (Lipinski definition) is 6. The van der Waals surface area contributed by atoms with Crippen LogP contribution in [0.4, 0.5) is 5.95 Å². The lowest BCUT2D eigenvalue weighted by Crippen LogP contribution is -2.42. The third kappa shape index (κ3) is 3.93. The molecule has 2 fully saturated rings. The highest BCUT2D eigenvalue weighted by molar-refractivity contribution is 7.92. The molecule has 1 N–H and O–H groups in total. The van der Waals surface area contributed by atoms with Crippen LogP contribution in [0.2, 0.25) is 0 Å². The normalized spacial score (nSPS) is 19.6. The van der Waals surface area contributed by atoms with Gasteiger partial charge < -0.3 is 5.32 Å². The molecule has 2 aromatic heterocycles. The highest BCUT2D eigenvalue weighted by atomic mass is 32.2. The average Bonchev–Trinajstić information content (AvgIpc) is 3.22. The van der Waals surface area contributed by atoms with E-state index in [9.17, 15) is 13.2 Å². The molecule has 1 saturated heterocycles. The number of aromatic nitrogens is 3. The first-order chi connectivity index (χ1) is 13.9. The smallest absolute Gasteiger partial charge is 0.252 e. The van der Waals surface area contributed by atoms with Crippen molar-refractivity contribution in [3.63, 3.8) is 0 Å². The van der Waals surface area contributed by atoms with Gasteiger partial charge in [0.15, 0.2) is 0 Å². The molecular formula is C20H27N5O3S. The molecule has 0 atom stereocenters. The van der Waals surface area contributed by atoms with E-state index in [2.05, 4.69) is 21.9 Å². The standard InChI is InChI=1S/C20H27N5O3S/c1-14(2)29(27,28)24-11-9-16(10-12-24)22-20-21-13-15-7-8-18(26)25(19(15)23-20)17-5-3-4-6-17/h7-8,13,16-17H,1,3-6,9-12H2,2H3,(H,21,22,23). The van der Waals surface area contributed by atoms with Gasteiger partial charge in [0.2, 0.25) is 16.0 Å². The second-order valence-corrected chi connectivity index (χ2v) is 10.1. The van der Waals surface area contributed by atoms with E-state index in [-0.39, 0.29) is 22.5 Å². The van der Waals surface area contributed by atoms with Crippen molar-refractivity contribution < 1.29 is 8.42 Å². The van der Waals surface area contributed by atoms with Crippen molar-refractivity contribution in [2.24, 2.45) is 0 Å². The summed E-state index contributed by atoms with van der Waals surface area (Å²) in [6, 6.07) is 3.65. The lowest BCUT2D eigenvalue weighted by atomic mass is 10.1. The fraction of sp³-hybridized carbons (Fsp3) is 0.550. The van der Waals surface area contributed by atoms with E-state index in [1.165, 1.54) is 11.2 Å². The van der Waals surface area contributed by atoms with Crippen LogP contribution in [-0.2, 0) is 10.0 Å². The second kappa shape index (κ2) is 7.87. The van der Waals surface area contributed by atoms with Gasteiger partial charge in [0.1, 0.15) is 5.65 Å². The van der Waals surface area contributed by atoms with Crippen molar-refractivity contribution in [1.29, 1.82) is 0 Å². The van der Waals surface area contributed by atoms with E-state index in [1.54, 1.807) is 18.3 Å². The monoisotopic (exact) mass is 417 g/mol. The quantitative estimate of drug-likeness (QED) is 0.803. The Morgan fingerprint density at radius 2 is 1.86 bits per heavy atom. The van der Waals surface area contributed by atoms with Crippen LogP contribution < -0.4 is 10.9 Å². The predicted molar refractivity (Wildman–Crippen MR) is 113 cm³/mol. The lowest BCUT2D eigenvalue weighted by molar-refractivity contribution is 0.331. The number of anilines is 1. The molecule has 0 bridgehead atoms. The largest absolute Gasteiger partial charge is 0.351 e. The molecule has 2 aliphatic rings. The van der Waals surface area contributed by atoms with Gasteiger partial charge in [-0.2, -0.15) is 9.29 Å². The third-order valence-corrected chi connectivity index (χ3v) is 7.85. The average molecular weight is 418 g/mol. The van der Waals surface area contributed by atoms with Crippen LogP contribution >= 0.6 is 0 Å². The van der Waals surface area contributed by atoms with Gasteiger partial charge >= 0.3 is 0 Å². The number of allylic oxidation sites excluding steroid dienone is 1. The van der Waals surface area contributed by atoms with Crippen LogP contribution in [-0.4, -0.2) is 46.4 Å². The van der Waals surface area contributed by atoms with Gasteiger partial charge in [0.05, 0.1) is 0 Å². The van der Waals surface area contributed by atoms with Crippen molar-refractivity contribution in [2.75, 3.05) is 18.4 Å². The molecule has 1 aliphatic heterocycles. The number of piperidine rings is 1. The highest BCUT2D eigenvalue weighted by Gasteiger charge is 2.29. The van der Waals surface area contributed by atoms with E-state index in [0.29, 0.717) is 37.5 Å². The first kappa shape index (κ1) is 20.0. The molecule has 3 heterocycles. The third-order valence-electron chi connectivity index (χ3n) is 5.92. The van der Waals surface area contributed by atoms with Crippen LogP contribution in [0.1, 0.15) is 51.5 Å². The molecule has 0 amide bonds. The predicted octanol–water partition coefficient (Wildman–Crippen LogP) is 2.65. The number of hydrogen-bond donors (Lipinski definition) is 1. The van der Waals surface area contributed by atoms with Gasteiger partial charge in [0.25, 0.3) is 5.56 Å². The van der Waals surface area contributed by atoms with Gasteiger partial charge in [0, 0.05) is 47.7 Å². The molecule has 2 aromatic rings. The Labute approximate surface area is 170 Å². The summed E-state index contributed by atoms with van der Waals surface area (Å²) in [5.74, 6) is 0.482. The molecular weight excluding hydrogens is 390 g/mol. The van der Waals surface area contributed by atoms with Crippen LogP contribution in [0.5, 0.6) is 0 Å². The first-order valence-corrected chi connectivity index (χ1v) is 11.6. The van der Waals surface area contributed by atoms with Crippen LogP contribution in [0.15, 0.2) is 34.6 Å². The molecule has 0 aromatic carbocycles. The van der Waals surface area contributed by atoms with E-state index in [0.717, 1.165) is 31.1 Å². The van der Waals surface area contributed by atoms with E-state index < -0.39 is 10.0 Å². The van der Waals surface area contributed by atoms with Crippen molar-refractivity contribution in [3.8, 4) is 0 Å². The lowest BCUT2D eigenvalue weighted by Gasteiger charge is -2.31. The van der Waals surface area contributed by atoms with Gasteiger partial charge in [-0.1, -0.05) is 19.4 Å². The minimum absolute atomic E-state index is 0.0210. The minimum atomic E-state index is -3.40. The molecule has 8 nitrogen and oxygen atoms in total. The Balaban J connectivity index is 1.53. The summed E-state index contributed by atoms with van der Waals surface area (Å²) in [5.41, 5.74) is 0.650. The Morgan fingerprint density at radius 3 is 2.52 bits per heavy atom. The fourth-order valence-corrected chi connectivity index (χ4v) is 5.40. The molecule has 1 aliphatic carbocycles. The molecule has 0 unspecified atom stereocenters. The van der Waals surface area contributed by atoms with Gasteiger partial charge in [-0.05, 0) is 38.7 Å². The van der Waals surface area contributed by atoms with E-state index >= 15 is 0 Å². The molecule has 0 radical (unpaired) electrons. The van der Waals surface area contributed by atoms with Crippen molar-refractivity contribution in [3.05, 3.63) is 40.2 Å². The molecule has 4 rings (SSSR count). The second-order valence-electron chi connectivity index (χ2n) is 7.98. The van der Waals surface area contributed by atoms with Gasteiger partial charge in [-0.15, -0.1) is 0 Å². The number of fused-ring (bicyclic) bond motifs is 1. The zero-order chi connectivity index (χ0) is 20.6. The summed E-state index contributed by atoms with van der Waals surface area (Å²) in [6.45, 7) is 5.97. The Morgan fingerprint density at radius 1 is 1.17 bits per heavy atom. The van der Waals surface area contributed by atoms with Crippen LogP contribution in [0.25, 0.3) is 11.0 Å². The summed E-state index contributed by atoms with van der Waals surface area (Å²) in [7, 11) is -3.40.